The van der Waals surface area contributed by atoms with Crippen molar-refractivity contribution in [1.82, 2.24) is 4.90 Å². The van der Waals surface area contributed by atoms with Gasteiger partial charge in [0.2, 0.25) is 0 Å². The molecular formula is C25H31NO3. The van der Waals surface area contributed by atoms with Crippen molar-refractivity contribution in [2.24, 2.45) is 5.92 Å². The molecule has 1 atom stereocenters. The Morgan fingerprint density at radius 1 is 1.00 bits per heavy atom. The van der Waals surface area contributed by atoms with Gasteiger partial charge in [-0.15, -0.1) is 0 Å². The van der Waals surface area contributed by atoms with Crippen LogP contribution < -0.4 is 0 Å². The molecule has 2 aromatic rings. The average Bonchev–Trinajstić information content (AvgIpc) is 2.70. The van der Waals surface area contributed by atoms with Crippen molar-refractivity contribution in [2.75, 3.05) is 6.54 Å². The van der Waals surface area contributed by atoms with Crippen LogP contribution in [0.25, 0.3) is 0 Å². The van der Waals surface area contributed by atoms with Gasteiger partial charge in [0.25, 0.3) is 5.91 Å². The molecule has 1 aliphatic carbocycles. The lowest BCUT2D eigenvalue weighted by atomic mass is 9.88. The molecule has 1 amide bonds. The molecule has 0 bridgehead atoms. The van der Waals surface area contributed by atoms with Gasteiger partial charge in [-0.1, -0.05) is 66.8 Å². The predicted octanol–water partition coefficient (Wildman–Crippen LogP) is 5.02. The number of hydrogen-bond donors (Lipinski definition) is 1. The fraction of sp³-hybridized carbons (Fsp3) is 0.440. The van der Waals surface area contributed by atoms with Crippen LogP contribution >= 0.6 is 0 Å². The van der Waals surface area contributed by atoms with Crippen LogP contribution in [-0.2, 0) is 11.2 Å². The third-order valence-corrected chi connectivity index (χ3v) is 5.84. The number of benzene rings is 2. The lowest BCUT2D eigenvalue weighted by Crippen LogP contribution is -2.48. The molecule has 29 heavy (non-hydrogen) atoms. The lowest BCUT2D eigenvalue weighted by molar-refractivity contribution is -0.142. The molecule has 0 radical (unpaired) electrons. The van der Waals surface area contributed by atoms with Gasteiger partial charge in [0, 0.05) is 18.5 Å². The summed E-state index contributed by atoms with van der Waals surface area (Å²) in [6.45, 7) is 4.44. The molecule has 4 heteroatoms. The molecule has 154 valence electrons. The van der Waals surface area contributed by atoms with Gasteiger partial charge >= 0.3 is 5.97 Å². The number of rotatable bonds is 7. The summed E-state index contributed by atoms with van der Waals surface area (Å²) >= 11 is 0. The van der Waals surface area contributed by atoms with Crippen molar-refractivity contribution < 1.29 is 14.7 Å². The third-order valence-electron chi connectivity index (χ3n) is 5.84. The summed E-state index contributed by atoms with van der Waals surface area (Å²) < 4.78 is 0. The van der Waals surface area contributed by atoms with E-state index in [1.807, 2.05) is 62.4 Å². The van der Waals surface area contributed by atoms with Crippen molar-refractivity contribution in [3.05, 3.63) is 70.8 Å². The molecule has 1 fully saturated rings. The van der Waals surface area contributed by atoms with Gasteiger partial charge in [0.1, 0.15) is 6.04 Å². The maximum absolute atomic E-state index is 13.5. The molecule has 3 rings (SSSR count). The molecule has 0 aliphatic heterocycles. The Labute approximate surface area is 173 Å². The Morgan fingerprint density at radius 3 is 2.21 bits per heavy atom. The first-order chi connectivity index (χ1) is 13.9. The van der Waals surface area contributed by atoms with E-state index < -0.39 is 12.0 Å². The lowest BCUT2D eigenvalue weighted by Gasteiger charge is -2.34. The van der Waals surface area contributed by atoms with Gasteiger partial charge in [-0.25, -0.2) is 4.79 Å². The van der Waals surface area contributed by atoms with E-state index in [1.165, 1.54) is 6.42 Å². The van der Waals surface area contributed by atoms with Crippen LogP contribution in [0.3, 0.4) is 0 Å². The second kappa shape index (κ2) is 9.73. The Morgan fingerprint density at radius 2 is 1.62 bits per heavy atom. The summed E-state index contributed by atoms with van der Waals surface area (Å²) in [6.07, 6.45) is 6.00. The number of carbonyl (C=O) groups excluding carboxylic acids is 1. The number of amides is 1. The Kier molecular flexibility index (Phi) is 7.08. The van der Waals surface area contributed by atoms with Crippen molar-refractivity contribution in [1.29, 1.82) is 0 Å². The number of carbonyl (C=O) groups is 2. The second-order valence-corrected chi connectivity index (χ2v) is 8.38. The van der Waals surface area contributed by atoms with Gasteiger partial charge < -0.3 is 10.0 Å². The van der Waals surface area contributed by atoms with E-state index in [0.717, 1.165) is 42.4 Å². The van der Waals surface area contributed by atoms with Crippen LogP contribution in [0.2, 0.25) is 0 Å². The van der Waals surface area contributed by atoms with Crippen LogP contribution in [0.1, 0.15) is 59.2 Å². The summed E-state index contributed by atoms with van der Waals surface area (Å²) in [5.74, 6) is -0.746. The first-order valence-corrected chi connectivity index (χ1v) is 10.6. The highest BCUT2D eigenvalue weighted by Crippen LogP contribution is 2.27. The van der Waals surface area contributed by atoms with Gasteiger partial charge in [-0.3, -0.25) is 4.79 Å². The fourth-order valence-electron chi connectivity index (χ4n) is 4.43. The van der Waals surface area contributed by atoms with E-state index in [4.69, 9.17) is 0 Å². The number of hydrogen-bond acceptors (Lipinski definition) is 2. The topological polar surface area (TPSA) is 57.6 Å². The predicted molar refractivity (Wildman–Crippen MR) is 115 cm³/mol. The zero-order valence-corrected chi connectivity index (χ0v) is 17.4. The summed E-state index contributed by atoms with van der Waals surface area (Å²) in [5, 5.41) is 10.0. The quantitative estimate of drug-likeness (QED) is 0.718. The third kappa shape index (κ3) is 5.69. The van der Waals surface area contributed by atoms with Crippen molar-refractivity contribution in [2.45, 2.75) is 58.4 Å². The molecule has 0 spiro atoms. The number of carboxylic acids is 1. The summed E-state index contributed by atoms with van der Waals surface area (Å²) in [4.78, 5) is 27.4. The monoisotopic (exact) mass is 393 g/mol. The number of aryl methyl sites for hydroxylation is 2. The number of aliphatic carboxylic acids is 1. The van der Waals surface area contributed by atoms with Gasteiger partial charge in [0.05, 0.1) is 0 Å². The van der Waals surface area contributed by atoms with E-state index in [1.54, 1.807) is 4.90 Å². The summed E-state index contributed by atoms with van der Waals surface area (Å²) in [5.41, 5.74) is 3.54. The van der Waals surface area contributed by atoms with Gasteiger partial charge in [-0.05, 0) is 50.3 Å². The molecule has 1 N–H and O–H groups in total. The van der Waals surface area contributed by atoms with Gasteiger partial charge in [0.15, 0.2) is 0 Å². The molecule has 1 aliphatic rings. The second-order valence-electron chi connectivity index (χ2n) is 8.38. The minimum absolute atomic E-state index is 0.175. The van der Waals surface area contributed by atoms with E-state index in [2.05, 4.69) is 0 Å². The highest BCUT2D eigenvalue weighted by atomic mass is 16.4. The molecule has 1 saturated carbocycles. The standard InChI is InChI=1S/C25H31NO3/c1-18-13-19(2)15-22(14-18)24(27)26(17-21-11-7-4-8-12-21)23(25(28)29)16-20-9-5-3-6-10-20/h3,5-6,9-10,13-15,21,23H,4,7-8,11-12,16-17H2,1-2H3,(H,28,29)/t23-/m1/s1. The van der Waals surface area contributed by atoms with Crippen LogP contribution in [0.15, 0.2) is 48.5 Å². The minimum atomic E-state index is -0.942. The molecule has 0 aromatic heterocycles. The first-order valence-electron chi connectivity index (χ1n) is 10.6. The molecule has 0 saturated heterocycles. The molecule has 0 heterocycles. The van der Waals surface area contributed by atoms with E-state index in [9.17, 15) is 14.7 Å². The molecule has 4 nitrogen and oxygen atoms in total. The largest absolute Gasteiger partial charge is 0.480 e. The summed E-state index contributed by atoms with van der Waals surface area (Å²) in [6, 6.07) is 14.5. The smallest absolute Gasteiger partial charge is 0.326 e. The first kappa shape index (κ1) is 21.1. The molecule has 2 aromatic carbocycles. The maximum atomic E-state index is 13.5. The van der Waals surface area contributed by atoms with Crippen molar-refractivity contribution >= 4 is 11.9 Å². The van der Waals surface area contributed by atoms with Gasteiger partial charge in [-0.2, -0.15) is 0 Å². The van der Waals surface area contributed by atoms with Crippen LogP contribution in [-0.4, -0.2) is 34.5 Å². The van der Waals surface area contributed by atoms with E-state index >= 15 is 0 Å². The van der Waals surface area contributed by atoms with Crippen LogP contribution in [0.5, 0.6) is 0 Å². The molecular weight excluding hydrogens is 362 g/mol. The maximum Gasteiger partial charge on any atom is 0.326 e. The summed E-state index contributed by atoms with van der Waals surface area (Å²) in [7, 11) is 0. The Hall–Kier alpha value is -2.62. The zero-order chi connectivity index (χ0) is 20.8. The van der Waals surface area contributed by atoms with E-state index in [0.29, 0.717) is 24.4 Å². The number of carboxylic acid groups (broad SMARTS) is 1. The molecule has 0 unspecified atom stereocenters. The highest BCUT2D eigenvalue weighted by molar-refractivity contribution is 5.97. The normalized spacial score (nSPS) is 15.7. The van der Waals surface area contributed by atoms with Crippen molar-refractivity contribution in [3.63, 3.8) is 0 Å². The fourth-order valence-corrected chi connectivity index (χ4v) is 4.43. The van der Waals surface area contributed by atoms with Crippen LogP contribution in [0, 0.1) is 19.8 Å². The van der Waals surface area contributed by atoms with Crippen LogP contribution in [0.4, 0.5) is 0 Å². The number of nitrogens with zero attached hydrogens (tertiary/aromatic N) is 1. The Bertz CT molecular complexity index is 820. The van der Waals surface area contributed by atoms with E-state index in [-0.39, 0.29) is 5.91 Å². The SMILES string of the molecule is Cc1cc(C)cc(C(=O)N(CC2CCCCC2)[C@H](Cc2ccccc2)C(=O)O)c1. The minimum Gasteiger partial charge on any atom is -0.480 e. The Balaban J connectivity index is 1.92. The highest BCUT2D eigenvalue weighted by Gasteiger charge is 2.33. The average molecular weight is 394 g/mol. The zero-order valence-electron chi connectivity index (χ0n) is 17.4. The van der Waals surface area contributed by atoms with Crippen molar-refractivity contribution in [3.8, 4) is 0 Å².